The summed E-state index contributed by atoms with van der Waals surface area (Å²) in [6.07, 6.45) is 3.84. The molecule has 0 spiro atoms. The van der Waals surface area contributed by atoms with Gasteiger partial charge in [0.05, 0.1) is 13.2 Å². The van der Waals surface area contributed by atoms with Gasteiger partial charge in [-0.25, -0.2) is 0 Å². The smallest absolute Gasteiger partial charge is 0.0642 e. The van der Waals surface area contributed by atoms with Crippen molar-refractivity contribution >= 4 is 17.8 Å². The molecule has 1 aliphatic rings. The second-order valence-electron chi connectivity index (χ2n) is 4.24. The number of anilines is 1. The molecule has 0 unspecified atom stereocenters. The van der Waals surface area contributed by atoms with Gasteiger partial charge in [-0.3, -0.25) is 0 Å². The number of ether oxygens (including phenoxy) is 1. The molecule has 1 fully saturated rings. The van der Waals surface area contributed by atoms with Crippen LogP contribution in [0, 0.1) is 6.92 Å². The summed E-state index contributed by atoms with van der Waals surface area (Å²) in [5.41, 5.74) is 4.85. The standard InChI is InChI=1S/C15H19NO/c1-4-13-12(3)6-7-15(14(13)5-2)16-8-10-17-11-9-16/h4-7H,1-2,8-11H2,3H3. The quantitative estimate of drug-likeness (QED) is 0.789. The SMILES string of the molecule is C=Cc1c(C)ccc(N2CCOCC2)c1C=C. The van der Waals surface area contributed by atoms with Gasteiger partial charge in [0.25, 0.3) is 0 Å². The molecule has 0 atom stereocenters. The normalized spacial score (nSPS) is 15.7. The van der Waals surface area contributed by atoms with Crippen LogP contribution < -0.4 is 4.90 Å². The topological polar surface area (TPSA) is 12.5 Å². The van der Waals surface area contributed by atoms with Crippen LogP contribution in [0.3, 0.4) is 0 Å². The molecule has 0 aliphatic carbocycles. The van der Waals surface area contributed by atoms with E-state index in [0.717, 1.165) is 26.3 Å². The van der Waals surface area contributed by atoms with Crippen LogP contribution in [0.1, 0.15) is 16.7 Å². The fraction of sp³-hybridized carbons (Fsp3) is 0.333. The Morgan fingerprint density at radius 1 is 1.12 bits per heavy atom. The molecule has 1 aromatic carbocycles. The summed E-state index contributed by atoms with van der Waals surface area (Å²) in [7, 11) is 0. The van der Waals surface area contributed by atoms with Crippen LogP contribution in [0.4, 0.5) is 5.69 Å². The Labute approximate surface area is 103 Å². The first-order valence-electron chi connectivity index (χ1n) is 5.99. The lowest BCUT2D eigenvalue weighted by atomic mass is 9.99. The van der Waals surface area contributed by atoms with Crippen molar-refractivity contribution in [3.8, 4) is 0 Å². The molecule has 1 saturated heterocycles. The van der Waals surface area contributed by atoms with Gasteiger partial charge in [-0.05, 0) is 24.1 Å². The van der Waals surface area contributed by atoms with E-state index in [9.17, 15) is 0 Å². The van der Waals surface area contributed by atoms with Crippen molar-refractivity contribution in [2.45, 2.75) is 6.92 Å². The highest BCUT2D eigenvalue weighted by Gasteiger charge is 2.15. The van der Waals surface area contributed by atoms with E-state index in [1.807, 2.05) is 12.2 Å². The second-order valence-corrected chi connectivity index (χ2v) is 4.24. The first-order valence-corrected chi connectivity index (χ1v) is 5.99. The van der Waals surface area contributed by atoms with Gasteiger partial charge in [0.1, 0.15) is 0 Å². The molecule has 1 heterocycles. The number of aryl methyl sites for hydroxylation is 1. The van der Waals surface area contributed by atoms with E-state index < -0.39 is 0 Å². The molecular weight excluding hydrogens is 210 g/mol. The van der Waals surface area contributed by atoms with E-state index in [1.54, 1.807) is 0 Å². The molecule has 2 heteroatoms. The first kappa shape index (κ1) is 11.9. The molecule has 17 heavy (non-hydrogen) atoms. The number of hydrogen-bond donors (Lipinski definition) is 0. The number of nitrogens with zero attached hydrogens (tertiary/aromatic N) is 1. The van der Waals surface area contributed by atoms with Crippen molar-refractivity contribution < 1.29 is 4.74 Å². The number of rotatable bonds is 3. The van der Waals surface area contributed by atoms with Crippen molar-refractivity contribution in [2.75, 3.05) is 31.2 Å². The van der Waals surface area contributed by atoms with Crippen LogP contribution in [0.25, 0.3) is 12.2 Å². The Bertz CT molecular complexity index is 431. The first-order chi connectivity index (χ1) is 8.27. The third kappa shape index (κ3) is 2.27. The molecule has 0 amide bonds. The largest absolute Gasteiger partial charge is 0.378 e. The van der Waals surface area contributed by atoms with Crippen LogP contribution in [-0.4, -0.2) is 26.3 Å². The van der Waals surface area contributed by atoms with E-state index in [1.165, 1.54) is 22.4 Å². The predicted molar refractivity (Wildman–Crippen MR) is 74.4 cm³/mol. The number of benzene rings is 1. The summed E-state index contributed by atoms with van der Waals surface area (Å²) in [5, 5.41) is 0. The van der Waals surface area contributed by atoms with E-state index in [-0.39, 0.29) is 0 Å². The van der Waals surface area contributed by atoms with Crippen LogP contribution in [0.5, 0.6) is 0 Å². The Balaban J connectivity index is 2.45. The van der Waals surface area contributed by atoms with Crippen LogP contribution in [-0.2, 0) is 4.74 Å². The van der Waals surface area contributed by atoms with E-state index in [2.05, 4.69) is 37.1 Å². The number of morpholine rings is 1. The molecule has 2 rings (SSSR count). The lowest BCUT2D eigenvalue weighted by Gasteiger charge is -2.31. The molecular formula is C15H19NO. The van der Waals surface area contributed by atoms with Crippen LogP contribution >= 0.6 is 0 Å². The molecule has 1 aromatic rings. The van der Waals surface area contributed by atoms with E-state index >= 15 is 0 Å². The van der Waals surface area contributed by atoms with Crippen molar-refractivity contribution in [1.29, 1.82) is 0 Å². The maximum absolute atomic E-state index is 5.39. The Kier molecular flexibility index (Phi) is 3.64. The van der Waals surface area contributed by atoms with Crippen LogP contribution in [0.2, 0.25) is 0 Å². The average Bonchev–Trinajstić information content (AvgIpc) is 2.39. The summed E-state index contributed by atoms with van der Waals surface area (Å²) in [6, 6.07) is 4.32. The zero-order valence-corrected chi connectivity index (χ0v) is 10.4. The minimum Gasteiger partial charge on any atom is -0.378 e. The van der Waals surface area contributed by atoms with Crippen molar-refractivity contribution in [3.05, 3.63) is 42.0 Å². The lowest BCUT2D eigenvalue weighted by Crippen LogP contribution is -2.36. The van der Waals surface area contributed by atoms with Crippen molar-refractivity contribution in [2.24, 2.45) is 0 Å². The summed E-state index contributed by atoms with van der Waals surface area (Å²) in [5.74, 6) is 0. The molecule has 90 valence electrons. The zero-order valence-electron chi connectivity index (χ0n) is 10.4. The fourth-order valence-electron chi connectivity index (χ4n) is 2.30. The molecule has 0 saturated carbocycles. The summed E-state index contributed by atoms with van der Waals surface area (Å²) in [4.78, 5) is 2.35. The Morgan fingerprint density at radius 2 is 1.76 bits per heavy atom. The molecule has 0 aromatic heterocycles. The van der Waals surface area contributed by atoms with Gasteiger partial charge >= 0.3 is 0 Å². The van der Waals surface area contributed by atoms with Crippen LogP contribution in [0.15, 0.2) is 25.3 Å². The maximum Gasteiger partial charge on any atom is 0.0642 e. The summed E-state index contributed by atoms with van der Waals surface area (Å²) < 4.78 is 5.39. The third-order valence-electron chi connectivity index (χ3n) is 3.24. The average molecular weight is 229 g/mol. The molecule has 1 aliphatic heterocycles. The zero-order chi connectivity index (χ0) is 12.3. The monoisotopic (exact) mass is 229 g/mol. The molecule has 0 N–H and O–H groups in total. The van der Waals surface area contributed by atoms with Gasteiger partial charge < -0.3 is 9.64 Å². The summed E-state index contributed by atoms with van der Waals surface area (Å²) >= 11 is 0. The minimum absolute atomic E-state index is 0.799. The van der Waals surface area contributed by atoms with Gasteiger partial charge in [-0.1, -0.05) is 31.4 Å². The highest BCUT2D eigenvalue weighted by molar-refractivity contribution is 5.77. The molecule has 0 radical (unpaired) electrons. The Hall–Kier alpha value is -1.54. The lowest BCUT2D eigenvalue weighted by molar-refractivity contribution is 0.122. The fourth-order valence-corrected chi connectivity index (χ4v) is 2.30. The minimum atomic E-state index is 0.799. The second kappa shape index (κ2) is 5.19. The van der Waals surface area contributed by atoms with E-state index in [4.69, 9.17) is 4.74 Å². The maximum atomic E-state index is 5.39. The highest BCUT2D eigenvalue weighted by atomic mass is 16.5. The van der Waals surface area contributed by atoms with Crippen molar-refractivity contribution in [1.82, 2.24) is 0 Å². The molecule has 0 bridgehead atoms. The van der Waals surface area contributed by atoms with Gasteiger partial charge in [0.2, 0.25) is 0 Å². The third-order valence-corrected chi connectivity index (χ3v) is 3.24. The molecule has 2 nitrogen and oxygen atoms in total. The van der Waals surface area contributed by atoms with Gasteiger partial charge in [0, 0.05) is 24.3 Å². The predicted octanol–water partition coefficient (Wildman–Crippen LogP) is 3.12. The Morgan fingerprint density at radius 3 is 2.35 bits per heavy atom. The van der Waals surface area contributed by atoms with E-state index in [0.29, 0.717) is 0 Å². The van der Waals surface area contributed by atoms with Gasteiger partial charge in [-0.15, -0.1) is 0 Å². The van der Waals surface area contributed by atoms with Gasteiger partial charge in [-0.2, -0.15) is 0 Å². The van der Waals surface area contributed by atoms with Crippen molar-refractivity contribution in [3.63, 3.8) is 0 Å². The highest BCUT2D eigenvalue weighted by Crippen LogP contribution is 2.29. The summed E-state index contributed by atoms with van der Waals surface area (Å²) in [6.45, 7) is 13.4. The number of hydrogen-bond acceptors (Lipinski definition) is 2. The van der Waals surface area contributed by atoms with Gasteiger partial charge in [0.15, 0.2) is 0 Å².